The van der Waals surface area contributed by atoms with E-state index in [2.05, 4.69) is 33.5 Å². The SMILES string of the molecule is Cc1nn(C)c2c1nc(N)n2CC1(C)CCN(C)CC1. The number of imidazole rings is 1. The largest absolute Gasteiger partial charge is 0.369 e. The molecule has 6 heteroatoms. The highest BCUT2D eigenvalue weighted by Gasteiger charge is 2.31. The average molecular weight is 276 g/mol. The number of piperidine rings is 1. The smallest absolute Gasteiger partial charge is 0.202 e. The molecule has 6 nitrogen and oxygen atoms in total. The Hall–Kier alpha value is -1.56. The number of aromatic nitrogens is 4. The van der Waals surface area contributed by atoms with Crippen molar-refractivity contribution in [2.75, 3.05) is 25.9 Å². The van der Waals surface area contributed by atoms with Crippen LogP contribution in [0, 0.1) is 12.3 Å². The van der Waals surface area contributed by atoms with Crippen LogP contribution in [0.15, 0.2) is 0 Å². The molecule has 110 valence electrons. The summed E-state index contributed by atoms with van der Waals surface area (Å²) in [5, 5.41) is 4.45. The molecule has 20 heavy (non-hydrogen) atoms. The number of likely N-dealkylation sites (tertiary alicyclic amines) is 1. The van der Waals surface area contributed by atoms with Crippen LogP contribution >= 0.6 is 0 Å². The zero-order chi connectivity index (χ0) is 14.5. The number of aryl methyl sites for hydroxylation is 2. The third-order valence-electron chi connectivity index (χ3n) is 4.65. The van der Waals surface area contributed by atoms with Crippen molar-refractivity contribution in [1.29, 1.82) is 0 Å². The molecule has 0 spiro atoms. The number of hydrogen-bond acceptors (Lipinski definition) is 4. The second kappa shape index (κ2) is 4.48. The molecule has 3 heterocycles. The van der Waals surface area contributed by atoms with Gasteiger partial charge in [0.05, 0.1) is 5.69 Å². The van der Waals surface area contributed by atoms with Gasteiger partial charge in [0.15, 0.2) is 5.65 Å². The van der Waals surface area contributed by atoms with Crippen LogP contribution in [0.4, 0.5) is 5.95 Å². The summed E-state index contributed by atoms with van der Waals surface area (Å²) in [7, 11) is 4.15. The van der Waals surface area contributed by atoms with E-state index in [1.54, 1.807) is 0 Å². The number of fused-ring (bicyclic) bond motifs is 1. The van der Waals surface area contributed by atoms with Gasteiger partial charge in [-0.15, -0.1) is 0 Å². The van der Waals surface area contributed by atoms with Gasteiger partial charge in [-0.2, -0.15) is 5.10 Å². The summed E-state index contributed by atoms with van der Waals surface area (Å²) in [4.78, 5) is 6.88. The monoisotopic (exact) mass is 276 g/mol. The normalized spacial score (nSPS) is 19.8. The lowest BCUT2D eigenvalue weighted by Crippen LogP contribution is -2.38. The number of anilines is 1. The van der Waals surface area contributed by atoms with Crippen molar-refractivity contribution in [3.05, 3.63) is 5.69 Å². The van der Waals surface area contributed by atoms with E-state index in [0.717, 1.165) is 36.5 Å². The molecule has 2 N–H and O–H groups in total. The second-order valence-electron chi connectivity index (χ2n) is 6.55. The minimum absolute atomic E-state index is 0.284. The lowest BCUT2D eigenvalue weighted by Gasteiger charge is -2.38. The third-order valence-corrected chi connectivity index (χ3v) is 4.65. The van der Waals surface area contributed by atoms with Gasteiger partial charge in [-0.25, -0.2) is 4.98 Å². The van der Waals surface area contributed by atoms with Crippen molar-refractivity contribution >= 4 is 17.1 Å². The van der Waals surface area contributed by atoms with Gasteiger partial charge in [-0.3, -0.25) is 9.25 Å². The summed E-state index contributed by atoms with van der Waals surface area (Å²) in [5.41, 5.74) is 9.34. The molecule has 2 aromatic rings. The molecule has 3 rings (SSSR count). The minimum Gasteiger partial charge on any atom is -0.369 e. The first kappa shape index (κ1) is 13.4. The predicted molar refractivity (Wildman–Crippen MR) is 80.5 cm³/mol. The van der Waals surface area contributed by atoms with Gasteiger partial charge in [0.2, 0.25) is 5.95 Å². The van der Waals surface area contributed by atoms with Crippen molar-refractivity contribution in [3.8, 4) is 0 Å². The van der Waals surface area contributed by atoms with Crippen LogP contribution in [0.5, 0.6) is 0 Å². The lowest BCUT2D eigenvalue weighted by molar-refractivity contribution is 0.122. The average Bonchev–Trinajstić information content (AvgIpc) is 2.84. The van der Waals surface area contributed by atoms with Crippen molar-refractivity contribution in [2.24, 2.45) is 12.5 Å². The maximum Gasteiger partial charge on any atom is 0.202 e. The Morgan fingerprint density at radius 2 is 1.90 bits per heavy atom. The molecule has 1 aliphatic heterocycles. The summed E-state index contributed by atoms with van der Waals surface area (Å²) in [5.74, 6) is 0.608. The molecular formula is C14H24N6. The van der Waals surface area contributed by atoms with Crippen molar-refractivity contribution in [1.82, 2.24) is 24.2 Å². The molecule has 0 unspecified atom stereocenters. The molecule has 0 bridgehead atoms. The van der Waals surface area contributed by atoms with E-state index in [9.17, 15) is 0 Å². The molecule has 0 atom stereocenters. The quantitative estimate of drug-likeness (QED) is 0.900. The maximum absolute atomic E-state index is 6.14. The molecule has 1 saturated heterocycles. The highest BCUT2D eigenvalue weighted by Crippen LogP contribution is 2.34. The van der Waals surface area contributed by atoms with Crippen LogP contribution in [0.25, 0.3) is 11.2 Å². The van der Waals surface area contributed by atoms with E-state index in [1.165, 1.54) is 12.8 Å². The van der Waals surface area contributed by atoms with Crippen molar-refractivity contribution in [3.63, 3.8) is 0 Å². The molecule has 1 aliphatic rings. The summed E-state index contributed by atoms with van der Waals surface area (Å²) in [6.07, 6.45) is 2.39. The fourth-order valence-electron chi connectivity index (χ4n) is 3.21. The molecule has 1 fully saturated rings. The lowest BCUT2D eigenvalue weighted by atomic mass is 9.80. The van der Waals surface area contributed by atoms with Gasteiger partial charge in [0.25, 0.3) is 0 Å². The Balaban J connectivity index is 1.96. The fraction of sp³-hybridized carbons (Fsp3) is 0.714. The Morgan fingerprint density at radius 3 is 2.55 bits per heavy atom. The number of rotatable bonds is 2. The minimum atomic E-state index is 0.284. The Labute approximate surface area is 119 Å². The van der Waals surface area contributed by atoms with E-state index in [4.69, 9.17) is 5.73 Å². The van der Waals surface area contributed by atoms with Gasteiger partial charge in [-0.05, 0) is 45.3 Å². The van der Waals surface area contributed by atoms with Crippen molar-refractivity contribution < 1.29 is 0 Å². The number of nitrogens with zero attached hydrogens (tertiary/aromatic N) is 5. The molecule has 2 aromatic heterocycles. The summed E-state index contributed by atoms with van der Waals surface area (Å²) in [6.45, 7) is 7.56. The van der Waals surface area contributed by atoms with Crippen LogP contribution < -0.4 is 5.73 Å². The third kappa shape index (κ3) is 2.08. The predicted octanol–water partition coefficient (Wildman–Crippen LogP) is 1.39. The molecular weight excluding hydrogens is 252 g/mol. The molecule has 0 aromatic carbocycles. The second-order valence-corrected chi connectivity index (χ2v) is 6.55. The Bertz CT molecular complexity index is 630. The summed E-state index contributed by atoms with van der Waals surface area (Å²) >= 11 is 0. The zero-order valence-corrected chi connectivity index (χ0v) is 12.8. The number of hydrogen-bond donors (Lipinski definition) is 1. The maximum atomic E-state index is 6.14. The molecule has 0 aliphatic carbocycles. The van der Waals surface area contributed by atoms with E-state index < -0.39 is 0 Å². The van der Waals surface area contributed by atoms with Crippen LogP contribution in [0.2, 0.25) is 0 Å². The van der Waals surface area contributed by atoms with Crippen LogP contribution in [0.3, 0.4) is 0 Å². The zero-order valence-electron chi connectivity index (χ0n) is 12.8. The molecule has 0 radical (unpaired) electrons. The first-order valence-corrected chi connectivity index (χ1v) is 7.23. The highest BCUT2D eigenvalue weighted by atomic mass is 15.3. The standard InChI is InChI=1S/C14H24N6/c1-10-11-12(19(4)17-10)20(13(15)16-11)9-14(2)5-7-18(3)8-6-14/h5-9H2,1-4H3,(H2,15,16). The van der Waals surface area contributed by atoms with E-state index in [1.807, 2.05) is 18.7 Å². The van der Waals surface area contributed by atoms with E-state index in [0.29, 0.717) is 5.95 Å². The number of nitrogens with two attached hydrogens (primary N) is 1. The topological polar surface area (TPSA) is 64.9 Å². The van der Waals surface area contributed by atoms with Gasteiger partial charge in [-0.1, -0.05) is 6.92 Å². The van der Waals surface area contributed by atoms with Crippen LogP contribution in [-0.4, -0.2) is 44.4 Å². The fourth-order valence-corrected chi connectivity index (χ4v) is 3.21. The molecule has 0 saturated carbocycles. The summed E-state index contributed by atoms with van der Waals surface area (Å²) < 4.78 is 4.03. The summed E-state index contributed by atoms with van der Waals surface area (Å²) in [6, 6.07) is 0. The highest BCUT2D eigenvalue weighted by molar-refractivity contribution is 5.77. The van der Waals surface area contributed by atoms with Crippen LogP contribution in [-0.2, 0) is 13.6 Å². The first-order valence-electron chi connectivity index (χ1n) is 7.23. The van der Waals surface area contributed by atoms with Crippen LogP contribution in [0.1, 0.15) is 25.5 Å². The van der Waals surface area contributed by atoms with Gasteiger partial charge in [0, 0.05) is 13.6 Å². The van der Waals surface area contributed by atoms with Gasteiger partial charge < -0.3 is 10.6 Å². The van der Waals surface area contributed by atoms with Gasteiger partial charge in [0.1, 0.15) is 5.52 Å². The van der Waals surface area contributed by atoms with Gasteiger partial charge >= 0.3 is 0 Å². The number of nitrogen functional groups attached to an aromatic ring is 1. The Kier molecular flexibility index (Phi) is 3.01. The molecule has 0 amide bonds. The first-order chi connectivity index (χ1) is 9.39. The Morgan fingerprint density at radius 1 is 1.25 bits per heavy atom. The van der Waals surface area contributed by atoms with E-state index in [-0.39, 0.29) is 5.41 Å². The van der Waals surface area contributed by atoms with Crippen molar-refractivity contribution in [2.45, 2.75) is 33.2 Å². The van der Waals surface area contributed by atoms with E-state index >= 15 is 0 Å².